The monoisotopic (exact) mass is 406 g/mol. The number of aromatic nitrogens is 2. The van der Waals surface area contributed by atoms with E-state index in [1.165, 1.54) is 24.3 Å². The number of nitrogens with zero attached hydrogens (tertiary/aromatic N) is 2. The van der Waals surface area contributed by atoms with Crippen LogP contribution in [-0.2, 0) is 13.7 Å². The molecule has 0 saturated carbocycles. The number of aryl methyl sites for hydroxylation is 2. The van der Waals surface area contributed by atoms with Gasteiger partial charge in [-0.05, 0) is 48.9 Å². The minimum atomic E-state index is -1.01. The average Bonchev–Trinajstić information content (AvgIpc) is 3.05. The lowest BCUT2D eigenvalue weighted by Crippen LogP contribution is -2.04. The van der Waals surface area contributed by atoms with E-state index in [9.17, 15) is 9.18 Å². The van der Waals surface area contributed by atoms with Crippen LogP contribution in [-0.4, -0.2) is 20.6 Å². The largest absolute Gasteiger partial charge is 0.486 e. The summed E-state index contributed by atoms with van der Waals surface area (Å²) in [6, 6.07) is 16.2. The highest BCUT2D eigenvalue weighted by Gasteiger charge is 2.12. The van der Waals surface area contributed by atoms with Crippen molar-refractivity contribution in [3.8, 4) is 17.2 Å². The van der Waals surface area contributed by atoms with Crippen molar-refractivity contribution in [2.45, 2.75) is 13.5 Å². The van der Waals surface area contributed by atoms with Crippen molar-refractivity contribution in [3.05, 3.63) is 83.4 Å². The fraction of sp³-hybridized carbons (Fsp3) is 0.130. The summed E-state index contributed by atoms with van der Waals surface area (Å²) < 4.78 is 27.0. The van der Waals surface area contributed by atoms with Crippen LogP contribution in [0.4, 0.5) is 4.39 Å². The van der Waals surface area contributed by atoms with Crippen LogP contribution in [0.15, 0.2) is 60.7 Å². The van der Waals surface area contributed by atoms with Crippen LogP contribution in [0.3, 0.4) is 0 Å². The third kappa shape index (κ3) is 3.96. The Morgan fingerprint density at radius 3 is 2.73 bits per heavy atom. The Bertz CT molecular complexity index is 1250. The molecule has 1 aromatic heterocycles. The number of halogens is 1. The summed E-state index contributed by atoms with van der Waals surface area (Å²) in [5.41, 5.74) is 2.59. The lowest BCUT2D eigenvalue weighted by Gasteiger charge is -2.09. The zero-order valence-electron chi connectivity index (χ0n) is 16.4. The Kier molecular flexibility index (Phi) is 5.10. The molecule has 0 radical (unpaired) electrons. The molecule has 0 amide bonds. The second-order valence-corrected chi connectivity index (χ2v) is 6.87. The van der Waals surface area contributed by atoms with Crippen LogP contribution in [0.25, 0.3) is 11.0 Å². The number of benzene rings is 3. The van der Waals surface area contributed by atoms with Gasteiger partial charge >= 0.3 is 5.97 Å². The van der Waals surface area contributed by atoms with Crippen molar-refractivity contribution in [1.29, 1.82) is 0 Å². The molecule has 0 saturated heterocycles. The van der Waals surface area contributed by atoms with Crippen molar-refractivity contribution in [3.63, 3.8) is 0 Å². The van der Waals surface area contributed by atoms with E-state index in [-0.39, 0.29) is 18.0 Å². The van der Waals surface area contributed by atoms with E-state index in [1.807, 2.05) is 30.7 Å². The lowest BCUT2D eigenvalue weighted by atomic mass is 10.2. The number of carbonyl (C=O) groups is 1. The first-order valence-electron chi connectivity index (χ1n) is 9.26. The normalized spacial score (nSPS) is 10.9. The fourth-order valence-electron chi connectivity index (χ4n) is 3.09. The molecule has 0 aliphatic rings. The van der Waals surface area contributed by atoms with Gasteiger partial charge in [-0.2, -0.15) is 0 Å². The van der Waals surface area contributed by atoms with E-state index in [1.54, 1.807) is 24.3 Å². The summed E-state index contributed by atoms with van der Waals surface area (Å²) in [4.78, 5) is 15.7. The van der Waals surface area contributed by atoms with E-state index in [0.717, 1.165) is 16.6 Å². The van der Waals surface area contributed by atoms with Gasteiger partial charge in [-0.3, -0.25) is 0 Å². The number of ether oxygens (including phenoxy) is 2. The van der Waals surface area contributed by atoms with Crippen molar-refractivity contribution in [1.82, 2.24) is 9.55 Å². The minimum absolute atomic E-state index is 0.159. The molecule has 0 spiro atoms. The molecule has 0 fully saturated rings. The number of carboxylic acids is 1. The first-order chi connectivity index (χ1) is 14.4. The van der Waals surface area contributed by atoms with Crippen LogP contribution < -0.4 is 9.47 Å². The lowest BCUT2D eigenvalue weighted by molar-refractivity contribution is 0.0696. The molecule has 1 N–H and O–H groups in total. The number of hydrogen-bond acceptors (Lipinski definition) is 4. The Balaban J connectivity index is 1.56. The van der Waals surface area contributed by atoms with Crippen molar-refractivity contribution >= 4 is 17.0 Å². The quantitative estimate of drug-likeness (QED) is 0.483. The molecule has 0 atom stereocenters. The molecule has 0 aliphatic heterocycles. The zero-order chi connectivity index (χ0) is 21.3. The highest BCUT2D eigenvalue weighted by atomic mass is 19.1. The van der Waals surface area contributed by atoms with Crippen LogP contribution >= 0.6 is 0 Å². The standard InChI is InChI=1S/C23H19FN2O4/c1-14-6-7-16(24)11-21(14)30-18-8-9-19-20(12-18)26(2)22(25-19)13-29-17-5-3-4-15(10-17)23(27)28/h3-12H,13H2,1-2H3,(H,27,28). The van der Waals surface area contributed by atoms with Gasteiger partial charge in [-0.25, -0.2) is 14.2 Å². The summed E-state index contributed by atoms with van der Waals surface area (Å²) in [6.07, 6.45) is 0. The SMILES string of the molecule is Cc1ccc(F)cc1Oc1ccc2nc(COc3cccc(C(=O)O)c3)n(C)c2c1. The van der Waals surface area contributed by atoms with Crippen molar-refractivity contribution < 1.29 is 23.8 Å². The molecule has 0 bridgehead atoms. The molecule has 1 heterocycles. The van der Waals surface area contributed by atoms with Crippen LogP contribution in [0.2, 0.25) is 0 Å². The Morgan fingerprint density at radius 1 is 1.10 bits per heavy atom. The summed E-state index contributed by atoms with van der Waals surface area (Å²) in [6.45, 7) is 2.03. The highest BCUT2D eigenvalue weighted by molar-refractivity contribution is 5.88. The van der Waals surface area contributed by atoms with Crippen LogP contribution in [0.1, 0.15) is 21.7 Å². The maximum Gasteiger partial charge on any atom is 0.335 e. The average molecular weight is 406 g/mol. The number of aromatic carboxylic acids is 1. The summed E-state index contributed by atoms with van der Waals surface area (Å²) in [5, 5.41) is 9.09. The molecule has 7 heteroatoms. The van der Waals surface area contributed by atoms with Crippen molar-refractivity contribution in [2.75, 3.05) is 0 Å². The predicted molar refractivity (Wildman–Crippen MR) is 110 cm³/mol. The molecule has 3 aromatic carbocycles. The summed E-state index contributed by atoms with van der Waals surface area (Å²) in [5.74, 6) is 0.782. The second kappa shape index (κ2) is 7.87. The van der Waals surface area contributed by atoms with E-state index in [4.69, 9.17) is 14.6 Å². The first-order valence-corrected chi connectivity index (χ1v) is 9.26. The van der Waals surface area contributed by atoms with Crippen LogP contribution in [0, 0.1) is 12.7 Å². The van der Waals surface area contributed by atoms with Crippen LogP contribution in [0.5, 0.6) is 17.2 Å². The van der Waals surface area contributed by atoms with Crippen molar-refractivity contribution in [2.24, 2.45) is 7.05 Å². The van der Waals surface area contributed by atoms with Gasteiger partial charge in [0.1, 0.15) is 35.5 Å². The van der Waals surface area contributed by atoms with Gasteiger partial charge in [0.2, 0.25) is 0 Å². The maximum absolute atomic E-state index is 13.5. The van der Waals surface area contributed by atoms with E-state index in [2.05, 4.69) is 4.98 Å². The zero-order valence-corrected chi connectivity index (χ0v) is 16.4. The second-order valence-electron chi connectivity index (χ2n) is 6.87. The van der Waals surface area contributed by atoms with Gasteiger partial charge in [0, 0.05) is 19.2 Å². The van der Waals surface area contributed by atoms with Gasteiger partial charge < -0.3 is 19.1 Å². The minimum Gasteiger partial charge on any atom is -0.486 e. The molecule has 152 valence electrons. The van der Waals surface area contributed by atoms with E-state index >= 15 is 0 Å². The molecule has 0 unspecified atom stereocenters. The summed E-state index contributed by atoms with van der Waals surface area (Å²) >= 11 is 0. The van der Waals surface area contributed by atoms with E-state index < -0.39 is 5.97 Å². The Hall–Kier alpha value is -3.87. The number of fused-ring (bicyclic) bond motifs is 1. The number of imidazole rings is 1. The van der Waals surface area contributed by atoms with E-state index in [0.29, 0.717) is 23.1 Å². The Morgan fingerprint density at radius 2 is 1.93 bits per heavy atom. The first kappa shape index (κ1) is 19.4. The molecule has 0 aliphatic carbocycles. The summed E-state index contributed by atoms with van der Waals surface area (Å²) in [7, 11) is 1.86. The molecule has 6 nitrogen and oxygen atoms in total. The number of carboxylic acid groups (broad SMARTS) is 1. The number of hydrogen-bond donors (Lipinski definition) is 1. The van der Waals surface area contributed by atoms with Gasteiger partial charge in [0.05, 0.1) is 16.6 Å². The fourth-order valence-corrected chi connectivity index (χ4v) is 3.09. The topological polar surface area (TPSA) is 73.6 Å². The van der Waals surface area contributed by atoms with Gasteiger partial charge in [-0.15, -0.1) is 0 Å². The molecule has 30 heavy (non-hydrogen) atoms. The molecular formula is C23H19FN2O4. The van der Waals surface area contributed by atoms with Gasteiger partial charge in [-0.1, -0.05) is 12.1 Å². The Labute approximate surface area is 172 Å². The number of rotatable bonds is 6. The van der Waals surface area contributed by atoms with Gasteiger partial charge in [0.25, 0.3) is 0 Å². The maximum atomic E-state index is 13.5. The van der Waals surface area contributed by atoms with Gasteiger partial charge in [0.15, 0.2) is 0 Å². The molecule has 4 rings (SSSR count). The smallest absolute Gasteiger partial charge is 0.335 e. The molecule has 4 aromatic rings. The third-order valence-corrected chi connectivity index (χ3v) is 4.77. The molecular weight excluding hydrogens is 387 g/mol. The third-order valence-electron chi connectivity index (χ3n) is 4.77. The highest BCUT2D eigenvalue weighted by Crippen LogP contribution is 2.29. The predicted octanol–water partition coefficient (Wildman–Crippen LogP) is 5.09.